The summed E-state index contributed by atoms with van der Waals surface area (Å²) in [6.07, 6.45) is -1.80. The van der Waals surface area contributed by atoms with Gasteiger partial charge in [0.15, 0.2) is 0 Å². The van der Waals surface area contributed by atoms with E-state index < -0.39 is 35.4 Å². The third kappa shape index (κ3) is 5.15. The molecule has 2 aromatic rings. The van der Waals surface area contributed by atoms with Gasteiger partial charge < -0.3 is 20.7 Å². The number of nitro benzene ring substituents is 1. The molecule has 146 valence electrons. The van der Waals surface area contributed by atoms with Crippen molar-refractivity contribution in [3.05, 3.63) is 76.4 Å². The SMILES string of the molecule is C=C(c1ccc(OC(CC(=O)O)C(N)C(=O)O)cc1)c1ccc([N+](=O)[O-])cc1. The van der Waals surface area contributed by atoms with Crippen molar-refractivity contribution in [2.75, 3.05) is 0 Å². The topological polar surface area (TPSA) is 153 Å². The number of carboxylic acids is 2. The highest BCUT2D eigenvalue weighted by Gasteiger charge is 2.28. The maximum Gasteiger partial charge on any atom is 0.324 e. The fourth-order valence-electron chi connectivity index (χ4n) is 2.43. The summed E-state index contributed by atoms with van der Waals surface area (Å²) < 4.78 is 5.44. The molecule has 0 fully saturated rings. The lowest BCUT2D eigenvalue weighted by atomic mass is 9.99. The fraction of sp³-hybridized carbons (Fsp3) is 0.158. The number of hydrogen-bond donors (Lipinski definition) is 3. The first-order chi connectivity index (χ1) is 13.2. The maximum atomic E-state index is 11.0. The summed E-state index contributed by atoms with van der Waals surface area (Å²) in [5.41, 5.74) is 7.48. The molecule has 0 spiro atoms. The van der Waals surface area contributed by atoms with Crippen molar-refractivity contribution in [3.63, 3.8) is 0 Å². The van der Waals surface area contributed by atoms with E-state index in [9.17, 15) is 19.7 Å². The summed E-state index contributed by atoms with van der Waals surface area (Å²) in [6.45, 7) is 3.97. The van der Waals surface area contributed by atoms with Gasteiger partial charge in [-0.15, -0.1) is 0 Å². The number of hydrogen-bond acceptors (Lipinski definition) is 6. The Kier molecular flexibility index (Phi) is 6.46. The number of aliphatic carboxylic acids is 2. The molecular formula is C19H18N2O7. The lowest BCUT2D eigenvalue weighted by Gasteiger charge is -2.21. The zero-order valence-corrected chi connectivity index (χ0v) is 14.6. The van der Waals surface area contributed by atoms with Crippen LogP contribution in [-0.2, 0) is 9.59 Å². The van der Waals surface area contributed by atoms with Gasteiger partial charge >= 0.3 is 11.9 Å². The van der Waals surface area contributed by atoms with Crippen LogP contribution in [0.4, 0.5) is 5.69 Å². The molecule has 0 aliphatic carbocycles. The average Bonchev–Trinajstić information content (AvgIpc) is 2.66. The van der Waals surface area contributed by atoms with E-state index in [1.165, 1.54) is 24.3 Å². The third-order valence-corrected chi connectivity index (χ3v) is 3.98. The number of nitro groups is 1. The van der Waals surface area contributed by atoms with Gasteiger partial charge in [0.1, 0.15) is 17.9 Å². The maximum absolute atomic E-state index is 11.0. The van der Waals surface area contributed by atoms with E-state index in [1.54, 1.807) is 24.3 Å². The monoisotopic (exact) mass is 386 g/mol. The molecule has 0 amide bonds. The highest BCUT2D eigenvalue weighted by atomic mass is 16.6. The highest BCUT2D eigenvalue weighted by Crippen LogP contribution is 2.26. The number of carboxylic acid groups (broad SMARTS) is 2. The van der Waals surface area contributed by atoms with Crippen molar-refractivity contribution >= 4 is 23.2 Å². The predicted octanol–water partition coefficient (Wildman–Crippen LogP) is 2.29. The summed E-state index contributed by atoms with van der Waals surface area (Å²) in [5.74, 6) is -2.34. The summed E-state index contributed by atoms with van der Waals surface area (Å²) in [7, 11) is 0. The second-order valence-electron chi connectivity index (χ2n) is 5.93. The van der Waals surface area contributed by atoms with Gasteiger partial charge in [-0.2, -0.15) is 0 Å². The minimum atomic E-state index is -1.49. The van der Waals surface area contributed by atoms with Gasteiger partial charge in [0.05, 0.1) is 11.3 Å². The van der Waals surface area contributed by atoms with Crippen LogP contribution in [-0.4, -0.2) is 39.2 Å². The molecule has 2 rings (SSSR count). The molecule has 0 heterocycles. The van der Waals surface area contributed by atoms with Gasteiger partial charge in [0, 0.05) is 12.1 Å². The van der Waals surface area contributed by atoms with Crippen LogP contribution in [0.2, 0.25) is 0 Å². The molecule has 0 aromatic heterocycles. The van der Waals surface area contributed by atoms with E-state index in [-0.39, 0.29) is 11.4 Å². The Morgan fingerprint density at radius 3 is 2.00 bits per heavy atom. The first-order valence-electron chi connectivity index (χ1n) is 8.10. The Bertz CT molecular complexity index is 892. The van der Waals surface area contributed by atoms with Gasteiger partial charge in [0.2, 0.25) is 0 Å². The lowest BCUT2D eigenvalue weighted by molar-refractivity contribution is -0.384. The first-order valence-corrected chi connectivity index (χ1v) is 8.10. The van der Waals surface area contributed by atoms with Gasteiger partial charge in [-0.3, -0.25) is 19.7 Å². The van der Waals surface area contributed by atoms with Crippen LogP contribution in [0.3, 0.4) is 0 Å². The van der Waals surface area contributed by atoms with Crippen LogP contribution in [0.15, 0.2) is 55.1 Å². The zero-order valence-electron chi connectivity index (χ0n) is 14.6. The molecule has 28 heavy (non-hydrogen) atoms. The summed E-state index contributed by atoms with van der Waals surface area (Å²) >= 11 is 0. The van der Waals surface area contributed by atoms with Gasteiger partial charge in [0.25, 0.3) is 5.69 Å². The van der Waals surface area contributed by atoms with Crippen molar-refractivity contribution in [1.29, 1.82) is 0 Å². The van der Waals surface area contributed by atoms with Crippen molar-refractivity contribution in [2.24, 2.45) is 5.73 Å². The largest absolute Gasteiger partial charge is 0.488 e. The molecule has 0 radical (unpaired) electrons. The molecular weight excluding hydrogens is 368 g/mol. The highest BCUT2D eigenvalue weighted by molar-refractivity contribution is 5.79. The molecule has 0 aliphatic heterocycles. The molecule has 9 heteroatoms. The molecule has 0 bridgehead atoms. The molecule has 0 saturated carbocycles. The number of ether oxygens (including phenoxy) is 1. The van der Waals surface area contributed by atoms with E-state index in [4.69, 9.17) is 20.7 Å². The van der Waals surface area contributed by atoms with E-state index in [2.05, 4.69) is 6.58 Å². The Hall–Kier alpha value is -3.72. The second-order valence-corrected chi connectivity index (χ2v) is 5.93. The predicted molar refractivity (Wildman–Crippen MR) is 100.0 cm³/mol. The van der Waals surface area contributed by atoms with Gasteiger partial charge in [-0.05, 0) is 41.0 Å². The van der Waals surface area contributed by atoms with Crippen molar-refractivity contribution < 1.29 is 29.5 Å². The van der Waals surface area contributed by atoms with Gasteiger partial charge in [-0.1, -0.05) is 18.7 Å². The zero-order chi connectivity index (χ0) is 20.8. The van der Waals surface area contributed by atoms with Crippen molar-refractivity contribution in [2.45, 2.75) is 18.6 Å². The summed E-state index contributed by atoms with van der Waals surface area (Å²) in [4.78, 5) is 32.2. The minimum absolute atomic E-state index is 0.0282. The quantitative estimate of drug-likeness (QED) is 0.438. The smallest absolute Gasteiger partial charge is 0.324 e. The van der Waals surface area contributed by atoms with E-state index in [0.29, 0.717) is 16.7 Å². The Labute approximate surface area is 159 Å². The molecule has 2 aromatic carbocycles. The van der Waals surface area contributed by atoms with E-state index in [0.717, 1.165) is 0 Å². The number of nitrogens with two attached hydrogens (primary N) is 1. The van der Waals surface area contributed by atoms with Crippen molar-refractivity contribution in [3.8, 4) is 5.75 Å². The average molecular weight is 386 g/mol. The number of nitrogens with zero attached hydrogens (tertiary/aromatic N) is 1. The molecule has 9 nitrogen and oxygen atoms in total. The van der Waals surface area contributed by atoms with Crippen LogP contribution in [0.5, 0.6) is 5.75 Å². The standard InChI is InChI=1S/C19H18N2O7/c1-11(12-2-6-14(7-3-12)21(26)27)13-4-8-15(9-5-13)28-16(10-17(22)23)18(20)19(24)25/h2-9,16,18H,1,10,20H2,(H,22,23)(H,24,25). The molecule has 0 aliphatic rings. The first kappa shape index (κ1) is 20.6. The number of rotatable bonds is 9. The summed E-state index contributed by atoms with van der Waals surface area (Å²) in [5, 5.41) is 28.6. The second kappa shape index (κ2) is 8.78. The van der Waals surface area contributed by atoms with E-state index >= 15 is 0 Å². The van der Waals surface area contributed by atoms with Crippen LogP contribution in [0, 0.1) is 10.1 Å². The normalized spacial score (nSPS) is 12.6. The molecule has 4 N–H and O–H groups in total. The Balaban J connectivity index is 2.14. The number of carbonyl (C=O) groups is 2. The number of non-ortho nitro benzene ring substituents is 1. The van der Waals surface area contributed by atoms with Crippen molar-refractivity contribution in [1.82, 2.24) is 0 Å². The Morgan fingerprint density at radius 1 is 1.07 bits per heavy atom. The van der Waals surface area contributed by atoms with Crippen LogP contribution < -0.4 is 10.5 Å². The molecule has 0 saturated heterocycles. The van der Waals surface area contributed by atoms with Gasteiger partial charge in [-0.25, -0.2) is 0 Å². The lowest BCUT2D eigenvalue weighted by Crippen LogP contribution is -2.46. The Morgan fingerprint density at radius 2 is 1.57 bits per heavy atom. The molecule has 2 unspecified atom stereocenters. The fourth-order valence-corrected chi connectivity index (χ4v) is 2.43. The van der Waals surface area contributed by atoms with Crippen LogP contribution >= 0.6 is 0 Å². The minimum Gasteiger partial charge on any atom is -0.488 e. The summed E-state index contributed by atoms with van der Waals surface area (Å²) in [6, 6.07) is 10.8. The number of benzene rings is 2. The van der Waals surface area contributed by atoms with Crippen LogP contribution in [0.1, 0.15) is 17.5 Å². The molecule has 2 atom stereocenters. The third-order valence-electron chi connectivity index (χ3n) is 3.98. The van der Waals surface area contributed by atoms with E-state index in [1.807, 2.05) is 0 Å². The van der Waals surface area contributed by atoms with Crippen LogP contribution in [0.25, 0.3) is 5.57 Å².